The number of anilines is 2. The van der Waals surface area contributed by atoms with Crippen LogP contribution in [0, 0.1) is 6.92 Å². The molecule has 0 spiro atoms. The van der Waals surface area contributed by atoms with Gasteiger partial charge in [-0.2, -0.15) is 22.8 Å². The lowest BCUT2D eigenvalue weighted by atomic mass is 10.0. The van der Waals surface area contributed by atoms with Gasteiger partial charge in [-0.05, 0) is 68.9 Å². The summed E-state index contributed by atoms with van der Waals surface area (Å²) >= 11 is 5.89. The minimum absolute atomic E-state index is 0.161. The summed E-state index contributed by atoms with van der Waals surface area (Å²) < 4.78 is 68.4. The number of carbonyl (C=O) groups excluding carboxylic acids is 1. The van der Waals surface area contributed by atoms with E-state index in [4.69, 9.17) is 17.3 Å². The first-order valence-electron chi connectivity index (χ1n) is 12.8. The zero-order valence-electron chi connectivity index (χ0n) is 22.8. The highest BCUT2D eigenvalue weighted by molar-refractivity contribution is 7.92. The SMILES string of the molecule is Cc1cc(NS(=O)(=O)c2ccc(C(F)(F)F)cc2Cl)ccc1-c1cnc2c(C(=O)N3CCC(N(C)C)C3)cnn2c1N. The number of nitrogen functional groups attached to an aromatic ring is 1. The van der Waals surface area contributed by atoms with E-state index >= 15 is 0 Å². The fourth-order valence-corrected chi connectivity index (χ4v) is 6.55. The quantitative estimate of drug-likeness (QED) is 0.324. The summed E-state index contributed by atoms with van der Waals surface area (Å²) in [6, 6.07) is 6.96. The van der Waals surface area contributed by atoms with E-state index in [0.29, 0.717) is 53.1 Å². The van der Waals surface area contributed by atoms with Crippen LogP contribution in [-0.2, 0) is 16.2 Å². The Morgan fingerprint density at radius 3 is 2.50 bits per heavy atom. The lowest BCUT2D eigenvalue weighted by Gasteiger charge is -2.20. The molecule has 15 heteroatoms. The normalized spacial score (nSPS) is 16.0. The number of rotatable bonds is 6. The number of likely N-dealkylation sites (N-methyl/N-ethyl adjacent to an activating group) is 1. The number of nitrogens with zero attached hydrogens (tertiary/aromatic N) is 5. The number of fused-ring (bicyclic) bond motifs is 1. The number of hydrogen-bond donors (Lipinski definition) is 2. The first-order valence-corrected chi connectivity index (χ1v) is 14.6. The van der Waals surface area contributed by atoms with Gasteiger partial charge in [0.2, 0.25) is 0 Å². The molecule has 5 rings (SSSR count). The molecule has 10 nitrogen and oxygen atoms in total. The molecule has 0 saturated carbocycles. The zero-order chi connectivity index (χ0) is 30.6. The molecule has 4 aromatic rings. The van der Waals surface area contributed by atoms with Crippen molar-refractivity contribution in [3.8, 4) is 11.1 Å². The van der Waals surface area contributed by atoms with Gasteiger partial charge < -0.3 is 15.5 Å². The number of alkyl halides is 3. The van der Waals surface area contributed by atoms with Crippen molar-refractivity contribution in [3.05, 3.63) is 70.5 Å². The van der Waals surface area contributed by atoms with Gasteiger partial charge in [0.05, 0.1) is 16.8 Å². The number of carbonyl (C=O) groups is 1. The number of nitrogens with two attached hydrogens (primary N) is 1. The number of likely N-dealkylation sites (tertiary alicyclic amines) is 1. The Kier molecular flexibility index (Phi) is 7.58. The van der Waals surface area contributed by atoms with Crippen LogP contribution < -0.4 is 10.5 Å². The van der Waals surface area contributed by atoms with Crippen LogP contribution in [0.1, 0.15) is 27.9 Å². The molecule has 0 bridgehead atoms. The molecule has 42 heavy (non-hydrogen) atoms. The predicted molar refractivity (Wildman–Crippen MR) is 153 cm³/mol. The van der Waals surface area contributed by atoms with Crippen molar-refractivity contribution in [2.75, 3.05) is 37.6 Å². The number of halogens is 4. The van der Waals surface area contributed by atoms with Crippen molar-refractivity contribution in [1.29, 1.82) is 0 Å². The molecule has 2 aromatic carbocycles. The second-order valence-corrected chi connectivity index (χ2v) is 12.3. The van der Waals surface area contributed by atoms with Crippen molar-refractivity contribution < 1.29 is 26.4 Å². The van der Waals surface area contributed by atoms with Gasteiger partial charge in [0, 0.05) is 36.6 Å². The van der Waals surface area contributed by atoms with Crippen LogP contribution in [0.15, 0.2) is 53.7 Å². The Bertz CT molecular complexity index is 1810. The Morgan fingerprint density at radius 1 is 1.14 bits per heavy atom. The van der Waals surface area contributed by atoms with E-state index in [1.165, 1.54) is 23.0 Å². The van der Waals surface area contributed by atoms with Gasteiger partial charge in [0.15, 0.2) is 5.65 Å². The third kappa shape index (κ3) is 5.49. The van der Waals surface area contributed by atoms with Crippen LogP contribution in [0.25, 0.3) is 16.8 Å². The molecule has 1 saturated heterocycles. The summed E-state index contributed by atoms with van der Waals surface area (Å²) in [4.78, 5) is 21.1. The topological polar surface area (TPSA) is 126 Å². The number of amides is 1. The number of benzene rings is 2. The Labute approximate surface area is 244 Å². The van der Waals surface area contributed by atoms with Crippen LogP contribution in [-0.4, -0.2) is 71.9 Å². The molecular weight excluding hydrogens is 595 g/mol. The van der Waals surface area contributed by atoms with E-state index in [1.807, 2.05) is 14.1 Å². The highest BCUT2D eigenvalue weighted by Gasteiger charge is 2.33. The van der Waals surface area contributed by atoms with Crippen LogP contribution in [0.2, 0.25) is 5.02 Å². The average molecular weight is 622 g/mol. The predicted octanol–water partition coefficient (Wildman–Crippen LogP) is 4.54. The fraction of sp³-hybridized carbons (Fsp3) is 0.296. The summed E-state index contributed by atoms with van der Waals surface area (Å²) in [6.07, 6.45) is -0.808. The van der Waals surface area contributed by atoms with E-state index in [-0.39, 0.29) is 23.5 Å². The lowest BCUT2D eigenvalue weighted by Crippen LogP contribution is -2.34. The number of nitrogens with one attached hydrogen (secondary N) is 1. The zero-order valence-corrected chi connectivity index (χ0v) is 24.3. The minimum atomic E-state index is -4.66. The molecule has 1 fully saturated rings. The van der Waals surface area contributed by atoms with Crippen LogP contribution in [0.4, 0.5) is 24.7 Å². The van der Waals surface area contributed by atoms with Crippen LogP contribution in [0.3, 0.4) is 0 Å². The summed E-state index contributed by atoms with van der Waals surface area (Å²) in [5.74, 6) is 0.0644. The third-order valence-corrected chi connectivity index (χ3v) is 9.16. The largest absolute Gasteiger partial charge is 0.416 e. The van der Waals surface area contributed by atoms with E-state index in [0.717, 1.165) is 12.5 Å². The third-order valence-electron chi connectivity index (χ3n) is 7.29. The molecule has 222 valence electrons. The number of hydrogen-bond acceptors (Lipinski definition) is 7. The van der Waals surface area contributed by atoms with Crippen molar-refractivity contribution in [2.45, 2.75) is 30.5 Å². The number of aromatic nitrogens is 3. The second-order valence-electron chi connectivity index (χ2n) is 10.3. The van der Waals surface area contributed by atoms with Crippen molar-refractivity contribution in [1.82, 2.24) is 24.4 Å². The molecule has 1 amide bonds. The Balaban J connectivity index is 1.39. The molecule has 0 aliphatic carbocycles. The first kappa shape index (κ1) is 29.6. The Hall–Kier alpha value is -3.88. The number of aryl methyl sites for hydroxylation is 1. The van der Waals surface area contributed by atoms with Crippen molar-refractivity contribution in [2.24, 2.45) is 0 Å². The van der Waals surface area contributed by atoms with Gasteiger partial charge in [0.25, 0.3) is 15.9 Å². The van der Waals surface area contributed by atoms with E-state index in [1.54, 1.807) is 24.0 Å². The van der Waals surface area contributed by atoms with E-state index in [9.17, 15) is 26.4 Å². The maximum atomic E-state index is 13.2. The molecule has 1 atom stereocenters. The lowest BCUT2D eigenvalue weighted by molar-refractivity contribution is -0.137. The summed E-state index contributed by atoms with van der Waals surface area (Å²) in [6.45, 7) is 2.97. The molecule has 1 aliphatic heterocycles. The average Bonchev–Trinajstić information content (AvgIpc) is 3.57. The standard InChI is InChI=1S/C27H27ClF3N7O3S/c1-15-10-17(35-42(40,41)23-7-4-16(11-22(23)28)27(29,30)31)5-6-19(15)20-12-33-25-21(13-34-38(25)24(20)32)26(39)37-9-8-18(14-37)36(2)3/h4-7,10-13,18,35H,8-9,14,32H2,1-3H3. The van der Waals surface area contributed by atoms with Crippen molar-refractivity contribution >= 4 is 44.7 Å². The van der Waals surface area contributed by atoms with Gasteiger partial charge in [-0.3, -0.25) is 9.52 Å². The molecule has 1 aliphatic rings. The smallest absolute Gasteiger partial charge is 0.383 e. The molecular formula is C27H27ClF3N7O3S. The van der Waals surface area contributed by atoms with Crippen molar-refractivity contribution in [3.63, 3.8) is 0 Å². The minimum Gasteiger partial charge on any atom is -0.383 e. The molecule has 1 unspecified atom stereocenters. The van der Waals surface area contributed by atoms with E-state index in [2.05, 4.69) is 19.7 Å². The summed E-state index contributed by atoms with van der Waals surface area (Å²) in [7, 11) is -0.333. The van der Waals surface area contributed by atoms with Crippen LogP contribution in [0.5, 0.6) is 0 Å². The monoisotopic (exact) mass is 621 g/mol. The van der Waals surface area contributed by atoms with Gasteiger partial charge >= 0.3 is 6.18 Å². The maximum Gasteiger partial charge on any atom is 0.416 e. The molecule has 0 radical (unpaired) electrons. The maximum absolute atomic E-state index is 13.2. The van der Waals surface area contributed by atoms with Crippen LogP contribution >= 0.6 is 11.6 Å². The van der Waals surface area contributed by atoms with Gasteiger partial charge in [-0.25, -0.2) is 13.4 Å². The van der Waals surface area contributed by atoms with Gasteiger partial charge in [0.1, 0.15) is 16.3 Å². The molecule has 2 aromatic heterocycles. The highest BCUT2D eigenvalue weighted by Crippen LogP contribution is 2.35. The number of sulfonamides is 1. The van der Waals surface area contributed by atoms with E-state index < -0.39 is 31.7 Å². The molecule has 3 heterocycles. The van der Waals surface area contributed by atoms with Gasteiger partial charge in [-0.15, -0.1) is 0 Å². The summed E-state index contributed by atoms with van der Waals surface area (Å²) in [5.41, 5.74) is 7.98. The molecule has 3 N–H and O–H groups in total. The van der Waals surface area contributed by atoms with Gasteiger partial charge in [-0.1, -0.05) is 17.7 Å². The fourth-order valence-electron chi connectivity index (χ4n) is 4.96. The first-order chi connectivity index (χ1) is 19.7. The second kappa shape index (κ2) is 10.7. The summed E-state index contributed by atoms with van der Waals surface area (Å²) in [5, 5.41) is 3.75. The Morgan fingerprint density at radius 2 is 1.88 bits per heavy atom. The highest BCUT2D eigenvalue weighted by atomic mass is 35.5.